The van der Waals surface area contributed by atoms with Gasteiger partial charge in [-0.2, -0.15) is 0 Å². The summed E-state index contributed by atoms with van der Waals surface area (Å²) in [5.41, 5.74) is 0.955. The van der Waals surface area contributed by atoms with E-state index in [9.17, 15) is 9.59 Å². The highest BCUT2D eigenvalue weighted by Crippen LogP contribution is 2.23. The summed E-state index contributed by atoms with van der Waals surface area (Å²) in [5.74, 6) is -0.125. The monoisotopic (exact) mass is 289 g/mol. The Morgan fingerprint density at radius 1 is 1.40 bits per heavy atom. The van der Waals surface area contributed by atoms with E-state index in [1.165, 1.54) is 0 Å². The Balaban J connectivity index is 1.84. The summed E-state index contributed by atoms with van der Waals surface area (Å²) in [6.07, 6.45) is 0.344. The summed E-state index contributed by atoms with van der Waals surface area (Å²) < 4.78 is 1.12. The molecule has 1 fully saturated rings. The molecule has 1 saturated heterocycles. The van der Waals surface area contributed by atoms with Gasteiger partial charge in [0.25, 0.3) is 0 Å². The SMILES string of the molecule is CC1CC(=O)NCC(=O)N1Cc1nc2ccccc2s1. The first kappa shape index (κ1) is 13.1. The fraction of sp³-hybridized carbons (Fsp3) is 0.357. The van der Waals surface area contributed by atoms with Crippen molar-refractivity contribution < 1.29 is 9.59 Å². The van der Waals surface area contributed by atoms with Gasteiger partial charge in [0, 0.05) is 12.5 Å². The lowest BCUT2D eigenvalue weighted by molar-refractivity contribution is -0.132. The van der Waals surface area contributed by atoms with Crippen molar-refractivity contribution in [1.82, 2.24) is 15.2 Å². The van der Waals surface area contributed by atoms with Gasteiger partial charge in [-0.05, 0) is 19.1 Å². The molecule has 1 aromatic heterocycles. The van der Waals surface area contributed by atoms with Crippen LogP contribution >= 0.6 is 11.3 Å². The van der Waals surface area contributed by atoms with Gasteiger partial charge in [-0.25, -0.2) is 4.98 Å². The minimum absolute atomic E-state index is 0.0531. The number of amides is 2. The van der Waals surface area contributed by atoms with E-state index >= 15 is 0 Å². The van der Waals surface area contributed by atoms with E-state index in [0.717, 1.165) is 15.2 Å². The van der Waals surface area contributed by atoms with Gasteiger partial charge >= 0.3 is 0 Å². The molecule has 1 N–H and O–H groups in total. The zero-order valence-corrected chi connectivity index (χ0v) is 11.9. The zero-order valence-electron chi connectivity index (χ0n) is 11.1. The predicted molar refractivity (Wildman–Crippen MR) is 77.3 cm³/mol. The maximum absolute atomic E-state index is 12.1. The van der Waals surface area contributed by atoms with Crippen LogP contribution in [-0.4, -0.2) is 34.3 Å². The molecule has 5 nitrogen and oxygen atoms in total. The summed E-state index contributed by atoms with van der Waals surface area (Å²) in [4.78, 5) is 29.8. The Bertz CT molecular complexity index is 634. The van der Waals surface area contributed by atoms with Crippen LogP contribution in [0, 0.1) is 0 Å². The Morgan fingerprint density at radius 2 is 2.20 bits per heavy atom. The molecular weight excluding hydrogens is 274 g/mol. The number of thiazole rings is 1. The van der Waals surface area contributed by atoms with E-state index in [1.807, 2.05) is 31.2 Å². The van der Waals surface area contributed by atoms with E-state index in [-0.39, 0.29) is 24.4 Å². The highest BCUT2D eigenvalue weighted by atomic mass is 32.1. The summed E-state index contributed by atoms with van der Waals surface area (Å²) in [7, 11) is 0. The number of aromatic nitrogens is 1. The van der Waals surface area contributed by atoms with Crippen molar-refractivity contribution in [2.45, 2.75) is 25.9 Å². The van der Waals surface area contributed by atoms with Gasteiger partial charge in [-0.1, -0.05) is 12.1 Å². The van der Waals surface area contributed by atoms with Crippen LogP contribution in [0.25, 0.3) is 10.2 Å². The smallest absolute Gasteiger partial charge is 0.242 e. The van der Waals surface area contributed by atoms with Crippen LogP contribution in [0.5, 0.6) is 0 Å². The van der Waals surface area contributed by atoms with Crippen LogP contribution in [0.2, 0.25) is 0 Å². The number of carbonyl (C=O) groups excluding carboxylic acids is 2. The summed E-state index contributed by atoms with van der Waals surface area (Å²) >= 11 is 1.59. The number of hydrogen-bond donors (Lipinski definition) is 1. The zero-order chi connectivity index (χ0) is 14.1. The molecule has 1 aromatic carbocycles. The second-order valence-electron chi connectivity index (χ2n) is 4.93. The molecule has 1 atom stereocenters. The molecular formula is C14H15N3O2S. The molecule has 6 heteroatoms. The molecule has 104 valence electrons. The summed E-state index contributed by atoms with van der Waals surface area (Å²) in [6.45, 7) is 2.44. The van der Waals surface area contributed by atoms with Crippen LogP contribution in [0.3, 0.4) is 0 Å². The summed E-state index contributed by atoms with van der Waals surface area (Å²) in [5, 5.41) is 3.52. The molecule has 2 amide bonds. The quantitative estimate of drug-likeness (QED) is 0.912. The van der Waals surface area contributed by atoms with Crippen LogP contribution in [-0.2, 0) is 16.1 Å². The topological polar surface area (TPSA) is 62.3 Å². The molecule has 2 heterocycles. The molecule has 0 spiro atoms. The minimum Gasteiger partial charge on any atom is -0.347 e. The number of fused-ring (bicyclic) bond motifs is 1. The van der Waals surface area contributed by atoms with Gasteiger partial charge in [0.2, 0.25) is 11.8 Å². The van der Waals surface area contributed by atoms with Crippen molar-refractivity contribution in [3.05, 3.63) is 29.3 Å². The molecule has 0 aliphatic carbocycles. The Labute approximate surface area is 120 Å². The number of rotatable bonds is 2. The second kappa shape index (κ2) is 5.20. The van der Waals surface area contributed by atoms with Gasteiger partial charge < -0.3 is 10.2 Å². The Morgan fingerprint density at radius 3 is 3.00 bits per heavy atom. The van der Waals surface area contributed by atoms with Crippen molar-refractivity contribution in [3.8, 4) is 0 Å². The molecule has 0 bridgehead atoms. The summed E-state index contributed by atoms with van der Waals surface area (Å²) in [6, 6.07) is 7.82. The number of hydrogen-bond acceptors (Lipinski definition) is 4. The fourth-order valence-corrected chi connectivity index (χ4v) is 3.32. The maximum Gasteiger partial charge on any atom is 0.242 e. The first-order chi connectivity index (χ1) is 9.63. The number of carbonyl (C=O) groups is 2. The Hall–Kier alpha value is -1.95. The van der Waals surface area contributed by atoms with Gasteiger partial charge in [0.15, 0.2) is 0 Å². The molecule has 0 radical (unpaired) electrons. The van der Waals surface area contributed by atoms with E-state index < -0.39 is 0 Å². The van der Waals surface area contributed by atoms with E-state index in [0.29, 0.717) is 13.0 Å². The van der Waals surface area contributed by atoms with E-state index in [4.69, 9.17) is 0 Å². The molecule has 2 aromatic rings. The average molecular weight is 289 g/mol. The first-order valence-electron chi connectivity index (χ1n) is 6.54. The van der Waals surface area contributed by atoms with Crippen LogP contribution in [0.4, 0.5) is 0 Å². The van der Waals surface area contributed by atoms with E-state index in [1.54, 1.807) is 16.2 Å². The number of benzene rings is 1. The lowest BCUT2D eigenvalue weighted by Crippen LogP contribution is -2.39. The van der Waals surface area contributed by atoms with Crippen LogP contribution < -0.4 is 5.32 Å². The molecule has 1 aliphatic heterocycles. The third kappa shape index (κ3) is 2.51. The van der Waals surface area contributed by atoms with Crippen LogP contribution in [0.15, 0.2) is 24.3 Å². The largest absolute Gasteiger partial charge is 0.347 e. The lowest BCUT2D eigenvalue weighted by Gasteiger charge is -2.25. The van der Waals surface area contributed by atoms with Crippen molar-refractivity contribution in [1.29, 1.82) is 0 Å². The molecule has 3 rings (SSSR count). The van der Waals surface area contributed by atoms with Gasteiger partial charge in [-0.3, -0.25) is 9.59 Å². The predicted octanol–water partition coefficient (Wildman–Crippen LogP) is 1.53. The molecule has 1 unspecified atom stereocenters. The van der Waals surface area contributed by atoms with Crippen molar-refractivity contribution >= 4 is 33.4 Å². The third-order valence-electron chi connectivity index (χ3n) is 3.41. The van der Waals surface area contributed by atoms with Crippen molar-refractivity contribution in [2.24, 2.45) is 0 Å². The standard InChI is InChI=1S/C14H15N3O2S/c1-9-6-12(18)15-7-14(19)17(9)8-13-16-10-4-2-3-5-11(10)20-13/h2-5,9H,6-8H2,1H3,(H,15,18). The highest BCUT2D eigenvalue weighted by Gasteiger charge is 2.27. The van der Waals surface area contributed by atoms with Gasteiger partial charge in [-0.15, -0.1) is 11.3 Å². The van der Waals surface area contributed by atoms with Crippen molar-refractivity contribution in [2.75, 3.05) is 6.54 Å². The maximum atomic E-state index is 12.1. The molecule has 20 heavy (non-hydrogen) atoms. The van der Waals surface area contributed by atoms with Gasteiger partial charge in [0.05, 0.1) is 23.3 Å². The van der Waals surface area contributed by atoms with Crippen molar-refractivity contribution in [3.63, 3.8) is 0 Å². The molecule has 0 saturated carbocycles. The average Bonchev–Trinajstić information content (AvgIpc) is 2.79. The number of nitrogens with one attached hydrogen (secondary N) is 1. The van der Waals surface area contributed by atoms with Crippen LogP contribution in [0.1, 0.15) is 18.4 Å². The van der Waals surface area contributed by atoms with E-state index in [2.05, 4.69) is 10.3 Å². The van der Waals surface area contributed by atoms with Gasteiger partial charge in [0.1, 0.15) is 5.01 Å². The lowest BCUT2D eigenvalue weighted by atomic mass is 10.2. The second-order valence-corrected chi connectivity index (χ2v) is 6.04. The number of nitrogens with zero attached hydrogens (tertiary/aromatic N) is 2. The number of para-hydroxylation sites is 1. The fourth-order valence-electron chi connectivity index (χ4n) is 2.35. The molecule has 1 aliphatic rings. The highest BCUT2D eigenvalue weighted by molar-refractivity contribution is 7.18. The normalized spacial score (nSPS) is 20.1. The minimum atomic E-state index is -0.1000. The first-order valence-corrected chi connectivity index (χ1v) is 7.36. The third-order valence-corrected chi connectivity index (χ3v) is 4.43. The Kier molecular flexibility index (Phi) is 3.40.